The second kappa shape index (κ2) is 4.88. The average molecular weight is 373 g/mol. The molecule has 3 saturated carbocycles. The van der Waals surface area contributed by atoms with Gasteiger partial charge in [-0.3, -0.25) is 4.79 Å². The highest BCUT2D eigenvalue weighted by Gasteiger charge is 2.79. The molecule has 0 radical (unpaired) electrons. The molecule has 2 unspecified atom stereocenters. The van der Waals surface area contributed by atoms with Crippen molar-refractivity contribution in [1.82, 2.24) is 0 Å². The molecule has 2 saturated heterocycles. The van der Waals surface area contributed by atoms with Crippen molar-refractivity contribution in [2.24, 2.45) is 22.7 Å². The minimum Gasteiger partial charge on any atom is -0.358 e. The zero-order chi connectivity index (χ0) is 18.7. The fourth-order valence-corrected chi connectivity index (χ4v) is 8.16. The first-order valence-corrected chi connectivity index (χ1v) is 11.0. The van der Waals surface area contributed by atoms with E-state index < -0.39 is 0 Å². The van der Waals surface area contributed by atoms with Crippen LogP contribution in [0.2, 0.25) is 0 Å². The maximum absolute atomic E-state index is 12.6. The normalized spacial score (nSPS) is 54.6. The van der Waals surface area contributed by atoms with Crippen LogP contribution in [-0.2, 0) is 19.0 Å². The molecule has 0 N–H and O–H groups in total. The molecule has 6 rings (SSSR count). The van der Waals surface area contributed by atoms with Crippen molar-refractivity contribution in [1.29, 1.82) is 0 Å². The molecule has 0 aromatic heterocycles. The molecule has 0 aromatic rings. The molecule has 6 atom stereocenters. The predicted octanol–water partition coefficient (Wildman–Crippen LogP) is 4.17. The van der Waals surface area contributed by atoms with Gasteiger partial charge in [0.1, 0.15) is 17.0 Å². The van der Waals surface area contributed by atoms with Gasteiger partial charge < -0.3 is 14.2 Å². The Hall–Kier alpha value is -0.710. The Kier molecular flexibility index (Phi) is 3.10. The maximum atomic E-state index is 12.6. The van der Waals surface area contributed by atoms with Crippen LogP contribution in [0.3, 0.4) is 0 Å². The fourth-order valence-electron chi connectivity index (χ4n) is 8.16. The van der Waals surface area contributed by atoms with E-state index in [9.17, 15) is 4.79 Å². The van der Waals surface area contributed by atoms with Crippen LogP contribution in [0.4, 0.5) is 0 Å². The van der Waals surface area contributed by atoms with E-state index in [4.69, 9.17) is 14.2 Å². The second-order valence-corrected chi connectivity index (χ2v) is 10.7. The summed E-state index contributed by atoms with van der Waals surface area (Å²) in [5.41, 5.74) is 1.42. The summed E-state index contributed by atoms with van der Waals surface area (Å²) in [4.78, 5) is 12.6. The van der Waals surface area contributed by atoms with E-state index in [1.54, 1.807) is 5.57 Å². The first-order chi connectivity index (χ1) is 12.8. The Bertz CT molecular complexity index is 751. The first-order valence-electron chi connectivity index (χ1n) is 11.0. The summed E-state index contributed by atoms with van der Waals surface area (Å²) in [7, 11) is 0. The highest BCUT2D eigenvalue weighted by atomic mass is 16.7. The summed E-state index contributed by atoms with van der Waals surface area (Å²) < 4.78 is 18.7. The van der Waals surface area contributed by atoms with Gasteiger partial charge in [0.25, 0.3) is 0 Å². The lowest BCUT2D eigenvalue weighted by molar-refractivity contribution is -0.185. The molecule has 4 heteroatoms. The monoisotopic (exact) mass is 372 g/mol. The van der Waals surface area contributed by atoms with Crippen LogP contribution in [0.5, 0.6) is 0 Å². The predicted molar refractivity (Wildman–Crippen MR) is 100 cm³/mol. The Morgan fingerprint density at radius 1 is 1.07 bits per heavy atom. The maximum Gasteiger partial charge on any atom is 0.171 e. The van der Waals surface area contributed by atoms with Crippen molar-refractivity contribution in [2.45, 2.75) is 89.1 Å². The number of carbonyl (C=O) groups excluding carboxylic acids is 1. The van der Waals surface area contributed by atoms with Gasteiger partial charge in [-0.15, -0.1) is 0 Å². The fraction of sp³-hybridized carbons (Fsp3) is 0.870. The number of ether oxygens (including phenoxy) is 3. The molecule has 2 aliphatic heterocycles. The average Bonchev–Trinajstić information content (AvgIpc) is 2.97. The van der Waals surface area contributed by atoms with E-state index in [2.05, 4.69) is 19.9 Å². The summed E-state index contributed by atoms with van der Waals surface area (Å²) in [5.74, 6) is 1.22. The highest BCUT2D eigenvalue weighted by Crippen LogP contribution is 2.75. The van der Waals surface area contributed by atoms with Crippen LogP contribution >= 0.6 is 0 Å². The lowest BCUT2D eigenvalue weighted by Crippen LogP contribution is -2.53. The Morgan fingerprint density at radius 3 is 2.59 bits per heavy atom. The van der Waals surface area contributed by atoms with E-state index in [0.717, 1.165) is 51.7 Å². The first kappa shape index (κ1) is 17.2. The van der Waals surface area contributed by atoms with Crippen LogP contribution in [-0.4, -0.2) is 36.0 Å². The van der Waals surface area contributed by atoms with Crippen molar-refractivity contribution < 1.29 is 19.0 Å². The molecule has 148 valence electrons. The molecule has 0 amide bonds. The third kappa shape index (κ3) is 1.80. The minimum atomic E-state index is -0.378. The van der Waals surface area contributed by atoms with Crippen LogP contribution in [0.1, 0.15) is 72.1 Å². The van der Waals surface area contributed by atoms with Crippen LogP contribution in [0, 0.1) is 22.7 Å². The van der Waals surface area contributed by atoms with Gasteiger partial charge in [-0.2, -0.15) is 0 Å². The Balaban J connectivity index is 1.35. The standard InChI is InChI=1S/C23H32O4/c1-15(24)19(2)7-5-17-16-4-9-21-14-22(25-12-13-26-22)10-11-23(21,27-21)18(16)6-8-20(17,19)3/h6,16-17H,4-5,7-14H2,1-3H3/t16?,17?,19-,20+,21-,23-/m1/s1. The third-order valence-corrected chi connectivity index (χ3v) is 10.1. The summed E-state index contributed by atoms with van der Waals surface area (Å²) >= 11 is 0. The van der Waals surface area contributed by atoms with E-state index in [0.29, 0.717) is 17.6 Å². The molecular weight excluding hydrogens is 340 g/mol. The quantitative estimate of drug-likeness (QED) is 0.512. The van der Waals surface area contributed by atoms with E-state index in [-0.39, 0.29) is 27.8 Å². The molecular formula is C23H32O4. The number of hydrogen-bond donors (Lipinski definition) is 0. The highest BCUT2D eigenvalue weighted by molar-refractivity contribution is 5.83. The lowest BCUT2D eigenvalue weighted by atomic mass is 9.51. The van der Waals surface area contributed by atoms with Gasteiger partial charge in [0, 0.05) is 18.3 Å². The Labute approximate surface area is 162 Å². The number of carbonyl (C=O) groups is 1. The second-order valence-electron chi connectivity index (χ2n) is 10.7. The van der Waals surface area contributed by atoms with Crippen LogP contribution in [0.15, 0.2) is 11.6 Å². The molecule has 2 heterocycles. The summed E-state index contributed by atoms with van der Waals surface area (Å²) in [6.45, 7) is 7.87. The minimum absolute atomic E-state index is 0.0475. The lowest BCUT2D eigenvalue weighted by Gasteiger charge is -2.52. The van der Waals surface area contributed by atoms with E-state index in [1.807, 2.05) is 6.92 Å². The van der Waals surface area contributed by atoms with Crippen molar-refractivity contribution >= 4 is 5.78 Å². The van der Waals surface area contributed by atoms with Crippen molar-refractivity contribution in [3.05, 3.63) is 11.6 Å². The van der Waals surface area contributed by atoms with Crippen molar-refractivity contribution in [3.63, 3.8) is 0 Å². The third-order valence-electron chi connectivity index (χ3n) is 10.1. The van der Waals surface area contributed by atoms with Gasteiger partial charge >= 0.3 is 0 Å². The number of epoxide rings is 1. The zero-order valence-corrected chi connectivity index (χ0v) is 16.9. The Morgan fingerprint density at radius 2 is 1.85 bits per heavy atom. The molecule has 6 aliphatic rings. The number of rotatable bonds is 1. The van der Waals surface area contributed by atoms with Crippen molar-refractivity contribution in [2.75, 3.05) is 13.2 Å². The van der Waals surface area contributed by atoms with Crippen LogP contribution < -0.4 is 0 Å². The smallest absolute Gasteiger partial charge is 0.171 e. The molecule has 0 aromatic carbocycles. The summed E-state index contributed by atoms with van der Waals surface area (Å²) in [5, 5.41) is 0. The van der Waals surface area contributed by atoms with Crippen molar-refractivity contribution in [3.8, 4) is 0 Å². The number of fused-ring (bicyclic) bond motifs is 3. The van der Waals surface area contributed by atoms with Gasteiger partial charge in [-0.05, 0) is 68.3 Å². The van der Waals surface area contributed by atoms with Gasteiger partial charge in [-0.25, -0.2) is 0 Å². The molecule has 1 spiro atoms. The molecule has 27 heavy (non-hydrogen) atoms. The SMILES string of the molecule is CC(=O)[C@@]1(C)CCC2C3CC[C@@]45CC6(CC[C@@]4(O5)C3=CC[C@@]21C)OCCO6. The molecule has 0 bridgehead atoms. The van der Waals surface area contributed by atoms with E-state index in [1.165, 1.54) is 12.8 Å². The molecule has 4 nitrogen and oxygen atoms in total. The zero-order valence-electron chi connectivity index (χ0n) is 16.9. The van der Waals surface area contributed by atoms with Gasteiger partial charge in [-0.1, -0.05) is 19.9 Å². The molecule has 5 fully saturated rings. The molecule has 4 aliphatic carbocycles. The number of Topliss-reactive ketones (excluding diaryl/α,β-unsaturated/α-hetero) is 1. The van der Waals surface area contributed by atoms with Gasteiger partial charge in [0.05, 0.1) is 13.2 Å². The summed E-state index contributed by atoms with van der Waals surface area (Å²) in [6, 6.07) is 0. The number of allylic oxidation sites excluding steroid dienone is 1. The topological polar surface area (TPSA) is 48.1 Å². The largest absolute Gasteiger partial charge is 0.358 e. The van der Waals surface area contributed by atoms with Gasteiger partial charge in [0.2, 0.25) is 0 Å². The number of hydrogen-bond acceptors (Lipinski definition) is 4. The summed E-state index contributed by atoms with van der Waals surface area (Å²) in [6.07, 6.45) is 11.0. The number of ketones is 1. The van der Waals surface area contributed by atoms with Crippen LogP contribution in [0.25, 0.3) is 0 Å². The van der Waals surface area contributed by atoms with Gasteiger partial charge in [0.15, 0.2) is 5.79 Å². The van der Waals surface area contributed by atoms with E-state index >= 15 is 0 Å².